The Morgan fingerprint density at radius 3 is 2.30 bits per heavy atom. The first-order valence-corrected chi connectivity index (χ1v) is 3.37. The molecule has 0 aliphatic rings. The molecular formula is C8H14NO. The third kappa shape index (κ3) is 3.28. The molecule has 0 aromatic rings. The summed E-state index contributed by atoms with van der Waals surface area (Å²) >= 11 is 0. The number of nitrogens with one attached hydrogen (secondary N) is 1. The lowest BCUT2D eigenvalue weighted by Gasteiger charge is -2.09. The molecule has 1 amide bonds. The minimum absolute atomic E-state index is 0.0839. The van der Waals surface area contributed by atoms with E-state index in [1.807, 2.05) is 13.8 Å². The smallest absolute Gasteiger partial charge is 0.246 e. The molecule has 0 aliphatic heterocycles. The monoisotopic (exact) mass is 140 g/mol. The summed E-state index contributed by atoms with van der Waals surface area (Å²) in [6.45, 7) is 9.09. The first kappa shape index (κ1) is 9.21. The van der Waals surface area contributed by atoms with Crippen LogP contribution in [0.4, 0.5) is 0 Å². The first-order chi connectivity index (χ1) is 4.57. The van der Waals surface area contributed by atoms with Crippen LogP contribution in [0.1, 0.15) is 27.2 Å². The summed E-state index contributed by atoms with van der Waals surface area (Å²) in [5, 5.41) is 2.71. The molecule has 0 saturated heterocycles. The minimum Gasteiger partial charge on any atom is -0.345 e. The van der Waals surface area contributed by atoms with Gasteiger partial charge in [0.2, 0.25) is 5.91 Å². The van der Waals surface area contributed by atoms with Crippen molar-refractivity contribution in [3.8, 4) is 0 Å². The Kier molecular flexibility index (Phi) is 3.77. The summed E-state index contributed by atoms with van der Waals surface area (Å²) in [5.74, 6) is -0.0839. The number of hydrogen-bond donors (Lipinski definition) is 1. The molecule has 0 aromatic carbocycles. The summed E-state index contributed by atoms with van der Waals surface area (Å²) < 4.78 is 0. The maximum Gasteiger partial charge on any atom is 0.246 e. The Morgan fingerprint density at radius 2 is 2.00 bits per heavy atom. The van der Waals surface area contributed by atoms with Gasteiger partial charge in [-0.25, -0.2) is 0 Å². The van der Waals surface area contributed by atoms with Gasteiger partial charge in [-0.15, -0.1) is 0 Å². The third-order valence-corrected chi connectivity index (χ3v) is 1.24. The van der Waals surface area contributed by atoms with Crippen molar-refractivity contribution in [2.45, 2.75) is 27.2 Å². The van der Waals surface area contributed by atoms with Gasteiger partial charge in [-0.05, 0) is 20.3 Å². The molecule has 0 atom stereocenters. The standard InChI is InChI=1S/C8H14NO/c1-5-7(4)9-8(10)6(2)3/h2,5H2,1,3-4H3,(H,9,10). The van der Waals surface area contributed by atoms with Gasteiger partial charge in [-0.1, -0.05) is 13.5 Å². The molecule has 0 aliphatic carbocycles. The number of amides is 1. The van der Waals surface area contributed by atoms with E-state index < -0.39 is 0 Å². The van der Waals surface area contributed by atoms with E-state index >= 15 is 0 Å². The van der Waals surface area contributed by atoms with Crippen molar-refractivity contribution in [1.29, 1.82) is 0 Å². The highest BCUT2D eigenvalue weighted by molar-refractivity contribution is 5.92. The molecular weight excluding hydrogens is 126 g/mol. The van der Waals surface area contributed by atoms with Crippen molar-refractivity contribution in [3.05, 3.63) is 18.2 Å². The largest absolute Gasteiger partial charge is 0.345 e. The van der Waals surface area contributed by atoms with E-state index in [1.54, 1.807) is 6.92 Å². The van der Waals surface area contributed by atoms with Crippen molar-refractivity contribution in [3.63, 3.8) is 0 Å². The van der Waals surface area contributed by atoms with E-state index in [4.69, 9.17) is 0 Å². The quantitative estimate of drug-likeness (QED) is 0.593. The highest BCUT2D eigenvalue weighted by atomic mass is 16.1. The van der Waals surface area contributed by atoms with Crippen molar-refractivity contribution < 1.29 is 4.79 Å². The summed E-state index contributed by atoms with van der Waals surface area (Å²) in [6, 6.07) is 0.980. The lowest BCUT2D eigenvalue weighted by Crippen LogP contribution is -2.26. The van der Waals surface area contributed by atoms with E-state index in [0.717, 1.165) is 12.5 Å². The normalized spacial score (nSPS) is 9.60. The first-order valence-electron chi connectivity index (χ1n) is 3.37. The average molecular weight is 140 g/mol. The van der Waals surface area contributed by atoms with Gasteiger partial charge >= 0.3 is 0 Å². The molecule has 1 radical (unpaired) electrons. The second-order valence-electron chi connectivity index (χ2n) is 2.37. The van der Waals surface area contributed by atoms with Crippen LogP contribution in [0.5, 0.6) is 0 Å². The summed E-state index contributed by atoms with van der Waals surface area (Å²) in [4.78, 5) is 10.9. The van der Waals surface area contributed by atoms with Gasteiger partial charge in [-0.2, -0.15) is 0 Å². The van der Waals surface area contributed by atoms with E-state index in [1.165, 1.54) is 0 Å². The van der Waals surface area contributed by atoms with Crippen LogP contribution >= 0.6 is 0 Å². The zero-order valence-electron chi connectivity index (χ0n) is 6.82. The van der Waals surface area contributed by atoms with Crippen molar-refractivity contribution in [2.24, 2.45) is 0 Å². The van der Waals surface area contributed by atoms with Crippen LogP contribution < -0.4 is 5.32 Å². The molecule has 0 aromatic heterocycles. The molecule has 0 bridgehead atoms. The zero-order chi connectivity index (χ0) is 8.15. The lowest BCUT2D eigenvalue weighted by molar-refractivity contribution is -0.117. The van der Waals surface area contributed by atoms with Gasteiger partial charge in [-0.3, -0.25) is 4.79 Å². The van der Waals surface area contributed by atoms with Crippen LogP contribution in [0.2, 0.25) is 0 Å². The fourth-order valence-electron chi connectivity index (χ4n) is 0.389. The predicted molar refractivity (Wildman–Crippen MR) is 42.2 cm³/mol. The van der Waals surface area contributed by atoms with Gasteiger partial charge in [0, 0.05) is 5.57 Å². The summed E-state index contributed by atoms with van der Waals surface area (Å²) in [5.41, 5.74) is 0.549. The Morgan fingerprint density at radius 1 is 1.50 bits per heavy atom. The van der Waals surface area contributed by atoms with Crippen molar-refractivity contribution >= 4 is 5.91 Å². The minimum atomic E-state index is -0.0839. The van der Waals surface area contributed by atoms with Crippen molar-refractivity contribution in [2.75, 3.05) is 0 Å². The van der Waals surface area contributed by atoms with Crippen molar-refractivity contribution in [1.82, 2.24) is 5.32 Å². The van der Waals surface area contributed by atoms with Crippen LogP contribution in [0, 0.1) is 6.04 Å². The number of carbonyl (C=O) groups excluding carboxylic acids is 1. The molecule has 0 rings (SSSR count). The third-order valence-electron chi connectivity index (χ3n) is 1.24. The van der Waals surface area contributed by atoms with Crippen LogP contribution in [-0.2, 0) is 4.79 Å². The molecule has 0 saturated carbocycles. The highest BCUT2D eigenvalue weighted by Crippen LogP contribution is 1.99. The molecule has 2 heteroatoms. The number of rotatable bonds is 3. The van der Waals surface area contributed by atoms with E-state index in [-0.39, 0.29) is 5.91 Å². The Balaban J connectivity index is 3.68. The van der Waals surface area contributed by atoms with Gasteiger partial charge < -0.3 is 5.32 Å². The average Bonchev–Trinajstić information content (AvgIpc) is 1.87. The Labute approximate surface area is 62.3 Å². The molecule has 1 N–H and O–H groups in total. The molecule has 57 valence electrons. The van der Waals surface area contributed by atoms with Crippen LogP contribution in [-0.4, -0.2) is 5.91 Å². The van der Waals surface area contributed by atoms with Gasteiger partial charge in [0.1, 0.15) is 0 Å². The molecule has 2 nitrogen and oxygen atoms in total. The molecule has 0 heterocycles. The zero-order valence-corrected chi connectivity index (χ0v) is 6.82. The van der Waals surface area contributed by atoms with E-state index in [9.17, 15) is 4.79 Å². The maximum atomic E-state index is 10.9. The molecule has 0 unspecified atom stereocenters. The Bertz CT molecular complexity index is 140. The Hall–Kier alpha value is -0.790. The van der Waals surface area contributed by atoms with Gasteiger partial charge in [0.25, 0.3) is 0 Å². The van der Waals surface area contributed by atoms with Crippen LogP contribution in [0.25, 0.3) is 0 Å². The molecule has 0 fully saturated rings. The topological polar surface area (TPSA) is 29.1 Å². The second kappa shape index (κ2) is 4.09. The predicted octanol–water partition coefficient (Wildman–Crippen LogP) is 1.64. The van der Waals surface area contributed by atoms with Crippen LogP contribution in [0.3, 0.4) is 0 Å². The molecule has 0 spiro atoms. The van der Waals surface area contributed by atoms with Gasteiger partial charge in [0.15, 0.2) is 0 Å². The maximum absolute atomic E-state index is 10.9. The number of hydrogen-bond acceptors (Lipinski definition) is 1. The summed E-state index contributed by atoms with van der Waals surface area (Å²) in [7, 11) is 0. The van der Waals surface area contributed by atoms with Crippen LogP contribution in [0.15, 0.2) is 12.2 Å². The number of carbonyl (C=O) groups is 1. The fraction of sp³-hybridized carbons (Fsp3) is 0.500. The summed E-state index contributed by atoms with van der Waals surface area (Å²) in [6.07, 6.45) is 0.874. The second-order valence-corrected chi connectivity index (χ2v) is 2.37. The van der Waals surface area contributed by atoms with Gasteiger partial charge in [0.05, 0.1) is 6.04 Å². The fourth-order valence-corrected chi connectivity index (χ4v) is 0.389. The van der Waals surface area contributed by atoms with E-state index in [0.29, 0.717) is 5.57 Å². The SMILES string of the molecule is C=C(C)C(=O)N[C](C)CC. The molecule has 10 heavy (non-hydrogen) atoms. The lowest BCUT2D eigenvalue weighted by atomic mass is 10.2. The van der Waals surface area contributed by atoms with E-state index in [2.05, 4.69) is 11.9 Å². The highest BCUT2D eigenvalue weighted by Gasteiger charge is 2.04.